The summed E-state index contributed by atoms with van der Waals surface area (Å²) in [4.78, 5) is 12.0. The molecule has 0 atom stereocenters. The van der Waals surface area contributed by atoms with Gasteiger partial charge in [-0.25, -0.2) is 4.68 Å². The van der Waals surface area contributed by atoms with Crippen molar-refractivity contribution in [3.8, 4) is 5.75 Å². The Kier molecular flexibility index (Phi) is 5.22. The number of ether oxygens (including phenoxy) is 1. The van der Waals surface area contributed by atoms with Crippen LogP contribution in [0.2, 0.25) is 5.02 Å². The molecule has 2 aromatic rings. The summed E-state index contributed by atoms with van der Waals surface area (Å²) >= 11 is 6.09. The van der Waals surface area contributed by atoms with Gasteiger partial charge in [0.2, 0.25) is 0 Å². The smallest absolute Gasteiger partial charge is 0.287 e. The Labute approximate surface area is 128 Å². The molecule has 0 aliphatic heterocycles. The molecule has 1 N–H and O–H groups in total. The van der Waals surface area contributed by atoms with Crippen LogP contribution in [0.1, 0.15) is 18.9 Å². The van der Waals surface area contributed by atoms with Gasteiger partial charge >= 0.3 is 0 Å². The predicted molar refractivity (Wildman–Crippen MR) is 84.1 cm³/mol. The van der Waals surface area contributed by atoms with E-state index in [1.165, 1.54) is 4.68 Å². The molecular formula is C15H18ClN3O2. The van der Waals surface area contributed by atoms with Crippen LogP contribution < -0.4 is 15.6 Å². The van der Waals surface area contributed by atoms with Gasteiger partial charge in [0.1, 0.15) is 10.8 Å². The number of rotatable bonds is 6. The van der Waals surface area contributed by atoms with Crippen LogP contribution in [0.4, 0.5) is 5.69 Å². The zero-order valence-electron chi connectivity index (χ0n) is 12.1. The average Bonchev–Trinajstić information content (AvgIpc) is 2.52. The third-order valence-corrected chi connectivity index (χ3v) is 3.43. The molecule has 1 aromatic heterocycles. The van der Waals surface area contributed by atoms with Crippen molar-refractivity contribution in [1.29, 1.82) is 0 Å². The molecule has 0 bridgehead atoms. The normalized spacial score (nSPS) is 10.4. The number of nitrogens with one attached hydrogen (secondary N) is 1. The molecule has 6 heteroatoms. The Hall–Kier alpha value is -2.01. The van der Waals surface area contributed by atoms with Gasteiger partial charge in [-0.3, -0.25) is 4.79 Å². The number of hydrogen-bond acceptors (Lipinski definition) is 4. The second-order valence-electron chi connectivity index (χ2n) is 4.60. The zero-order valence-corrected chi connectivity index (χ0v) is 12.9. The summed E-state index contributed by atoms with van der Waals surface area (Å²) in [7, 11) is 1.63. The van der Waals surface area contributed by atoms with Crippen LogP contribution in [-0.2, 0) is 13.1 Å². The summed E-state index contributed by atoms with van der Waals surface area (Å²) in [5.74, 6) is 0.806. The van der Waals surface area contributed by atoms with Crippen LogP contribution in [0, 0.1) is 0 Å². The third kappa shape index (κ3) is 3.76. The lowest BCUT2D eigenvalue weighted by Gasteiger charge is -2.10. The van der Waals surface area contributed by atoms with E-state index in [4.69, 9.17) is 16.3 Å². The van der Waals surface area contributed by atoms with Crippen molar-refractivity contribution in [3.63, 3.8) is 0 Å². The van der Waals surface area contributed by atoms with Crippen LogP contribution >= 0.6 is 11.6 Å². The van der Waals surface area contributed by atoms with Crippen molar-refractivity contribution in [2.24, 2.45) is 0 Å². The SMILES string of the molecule is CCCn1ncc(NCc2ccc(OC)cc2)c(Cl)c1=O. The van der Waals surface area contributed by atoms with E-state index in [0.717, 1.165) is 17.7 Å². The van der Waals surface area contributed by atoms with Gasteiger partial charge in [-0.05, 0) is 24.1 Å². The molecule has 2 rings (SSSR count). The minimum atomic E-state index is -0.266. The van der Waals surface area contributed by atoms with E-state index in [-0.39, 0.29) is 10.6 Å². The molecule has 0 saturated heterocycles. The maximum Gasteiger partial charge on any atom is 0.287 e. The second kappa shape index (κ2) is 7.13. The molecule has 0 spiro atoms. The van der Waals surface area contributed by atoms with E-state index >= 15 is 0 Å². The van der Waals surface area contributed by atoms with E-state index in [0.29, 0.717) is 18.8 Å². The Morgan fingerprint density at radius 2 is 2.05 bits per heavy atom. The molecule has 0 fully saturated rings. The highest BCUT2D eigenvalue weighted by atomic mass is 35.5. The maximum atomic E-state index is 12.0. The fraction of sp³-hybridized carbons (Fsp3) is 0.333. The second-order valence-corrected chi connectivity index (χ2v) is 4.98. The summed E-state index contributed by atoms with van der Waals surface area (Å²) < 4.78 is 6.48. The molecule has 0 radical (unpaired) electrons. The molecule has 0 aliphatic rings. The van der Waals surface area contributed by atoms with E-state index in [9.17, 15) is 4.79 Å². The van der Waals surface area contributed by atoms with Crippen molar-refractivity contribution in [1.82, 2.24) is 9.78 Å². The fourth-order valence-electron chi connectivity index (χ4n) is 1.90. The van der Waals surface area contributed by atoms with Crippen molar-refractivity contribution >= 4 is 17.3 Å². The van der Waals surface area contributed by atoms with Crippen LogP contribution in [0.25, 0.3) is 0 Å². The Morgan fingerprint density at radius 1 is 1.33 bits per heavy atom. The number of aryl methyl sites for hydroxylation is 1. The number of anilines is 1. The highest BCUT2D eigenvalue weighted by Gasteiger charge is 2.08. The van der Waals surface area contributed by atoms with Gasteiger partial charge in [0.15, 0.2) is 0 Å². The standard InChI is InChI=1S/C15H18ClN3O2/c1-3-8-19-15(20)14(16)13(10-18-19)17-9-11-4-6-12(21-2)7-5-11/h4-7,10,17H,3,8-9H2,1-2H3. The number of nitrogens with zero attached hydrogens (tertiary/aromatic N) is 2. The van der Waals surface area contributed by atoms with Crippen molar-refractivity contribution in [2.45, 2.75) is 26.4 Å². The summed E-state index contributed by atoms with van der Waals surface area (Å²) in [6.45, 7) is 3.11. The van der Waals surface area contributed by atoms with E-state index in [1.54, 1.807) is 13.3 Å². The quantitative estimate of drug-likeness (QED) is 0.891. The molecule has 1 heterocycles. The van der Waals surface area contributed by atoms with Crippen molar-refractivity contribution in [2.75, 3.05) is 12.4 Å². The molecule has 0 unspecified atom stereocenters. The monoisotopic (exact) mass is 307 g/mol. The summed E-state index contributed by atoms with van der Waals surface area (Å²) in [5.41, 5.74) is 1.34. The molecule has 5 nitrogen and oxygen atoms in total. The van der Waals surface area contributed by atoms with Gasteiger partial charge in [-0.1, -0.05) is 30.7 Å². The third-order valence-electron chi connectivity index (χ3n) is 3.06. The molecule has 0 saturated carbocycles. The Balaban J connectivity index is 2.09. The fourth-order valence-corrected chi connectivity index (χ4v) is 2.11. The molecule has 21 heavy (non-hydrogen) atoms. The topological polar surface area (TPSA) is 56.1 Å². The Morgan fingerprint density at radius 3 is 2.67 bits per heavy atom. The predicted octanol–water partition coefficient (Wildman–Crippen LogP) is 2.93. The highest BCUT2D eigenvalue weighted by molar-refractivity contribution is 6.32. The lowest BCUT2D eigenvalue weighted by atomic mass is 10.2. The van der Waals surface area contributed by atoms with Crippen LogP contribution in [-0.4, -0.2) is 16.9 Å². The molecule has 0 amide bonds. The highest BCUT2D eigenvalue weighted by Crippen LogP contribution is 2.17. The van der Waals surface area contributed by atoms with Crippen LogP contribution in [0.15, 0.2) is 35.3 Å². The number of methoxy groups -OCH3 is 1. The van der Waals surface area contributed by atoms with Crippen molar-refractivity contribution in [3.05, 3.63) is 51.4 Å². The van der Waals surface area contributed by atoms with Crippen molar-refractivity contribution < 1.29 is 4.74 Å². The summed E-state index contributed by atoms with van der Waals surface area (Å²) in [6.07, 6.45) is 2.42. The summed E-state index contributed by atoms with van der Waals surface area (Å²) in [5, 5.41) is 7.41. The zero-order chi connectivity index (χ0) is 15.2. The first-order chi connectivity index (χ1) is 10.2. The van der Waals surface area contributed by atoms with Gasteiger partial charge in [0.05, 0.1) is 19.0 Å². The maximum absolute atomic E-state index is 12.0. The summed E-state index contributed by atoms with van der Waals surface area (Å²) in [6, 6.07) is 7.67. The minimum absolute atomic E-state index is 0.173. The minimum Gasteiger partial charge on any atom is -0.497 e. The van der Waals surface area contributed by atoms with E-state index in [1.807, 2.05) is 31.2 Å². The van der Waals surface area contributed by atoms with Gasteiger partial charge in [0, 0.05) is 13.1 Å². The van der Waals surface area contributed by atoms with Gasteiger partial charge in [-0.2, -0.15) is 5.10 Å². The van der Waals surface area contributed by atoms with Crippen LogP contribution in [0.5, 0.6) is 5.75 Å². The first-order valence-electron chi connectivity index (χ1n) is 6.78. The first kappa shape index (κ1) is 15.4. The first-order valence-corrected chi connectivity index (χ1v) is 7.16. The molecule has 0 aliphatic carbocycles. The molecule has 112 valence electrons. The molecular weight excluding hydrogens is 290 g/mol. The lowest BCUT2D eigenvalue weighted by Crippen LogP contribution is -2.24. The van der Waals surface area contributed by atoms with Crippen LogP contribution in [0.3, 0.4) is 0 Å². The molecule has 1 aromatic carbocycles. The van der Waals surface area contributed by atoms with E-state index in [2.05, 4.69) is 10.4 Å². The number of hydrogen-bond donors (Lipinski definition) is 1. The number of benzene rings is 1. The number of aromatic nitrogens is 2. The largest absolute Gasteiger partial charge is 0.497 e. The van der Waals surface area contributed by atoms with E-state index < -0.39 is 0 Å². The average molecular weight is 308 g/mol. The lowest BCUT2D eigenvalue weighted by molar-refractivity contribution is 0.414. The van der Waals surface area contributed by atoms with Gasteiger partial charge in [-0.15, -0.1) is 0 Å². The number of halogens is 1. The van der Waals surface area contributed by atoms with Gasteiger partial charge < -0.3 is 10.1 Å². The Bertz CT molecular complexity index is 653. The van der Waals surface area contributed by atoms with Gasteiger partial charge in [0.25, 0.3) is 5.56 Å².